The first-order valence-electron chi connectivity index (χ1n) is 4.32. The second-order valence-corrected chi connectivity index (χ2v) is 5.80. The maximum absolute atomic E-state index is 12.2. The van der Waals surface area contributed by atoms with Crippen LogP contribution in [0.1, 0.15) is 11.1 Å². The molecule has 0 radical (unpaired) electrons. The smallest absolute Gasteiger partial charge is 0.387 e. The topological polar surface area (TPSA) is 67.2 Å². The van der Waals surface area contributed by atoms with Gasteiger partial charge in [0.15, 0.2) is 0 Å². The van der Waals surface area contributed by atoms with Crippen LogP contribution in [0.2, 0.25) is 0 Å². The van der Waals surface area contributed by atoms with Gasteiger partial charge in [0.25, 0.3) is 9.05 Å². The van der Waals surface area contributed by atoms with Crippen molar-refractivity contribution < 1.29 is 21.9 Å². The zero-order chi connectivity index (χ0) is 13.9. The zero-order valence-electron chi connectivity index (χ0n) is 8.53. The fourth-order valence-corrected chi connectivity index (χ4v) is 2.60. The van der Waals surface area contributed by atoms with Gasteiger partial charge < -0.3 is 4.74 Å². The first-order valence-corrected chi connectivity index (χ1v) is 7.16. The van der Waals surface area contributed by atoms with E-state index in [1.165, 1.54) is 0 Å². The summed E-state index contributed by atoms with van der Waals surface area (Å²) in [6, 6.07) is 3.68. The molecule has 1 aromatic carbocycles. The van der Waals surface area contributed by atoms with Crippen molar-refractivity contribution in [2.75, 3.05) is 0 Å². The highest BCUT2D eigenvalue weighted by Crippen LogP contribution is 2.33. The summed E-state index contributed by atoms with van der Waals surface area (Å²) < 4.78 is 51.0. The lowest BCUT2D eigenvalue weighted by atomic mass is 10.1. The number of ether oxygens (including phenoxy) is 1. The van der Waals surface area contributed by atoms with Gasteiger partial charge in [-0.2, -0.15) is 14.0 Å². The molecule has 0 saturated heterocycles. The Balaban J connectivity index is 3.59. The lowest BCUT2D eigenvalue weighted by Gasteiger charge is -2.11. The van der Waals surface area contributed by atoms with E-state index < -0.39 is 31.9 Å². The SMILES string of the molecule is N#Cc1cc(CCl)cc(OC(F)F)c1S(=O)(=O)Cl. The van der Waals surface area contributed by atoms with Crippen molar-refractivity contribution >= 4 is 31.3 Å². The highest BCUT2D eigenvalue weighted by atomic mass is 35.7. The van der Waals surface area contributed by atoms with Gasteiger partial charge in [-0.15, -0.1) is 11.6 Å². The van der Waals surface area contributed by atoms with Crippen LogP contribution in [0.3, 0.4) is 0 Å². The minimum atomic E-state index is -4.40. The van der Waals surface area contributed by atoms with E-state index in [1.807, 2.05) is 0 Å². The van der Waals surface area contributed by atoms with Crippen molar-refractivity contribution in [3.8, 4) is 11.8 Å². The Morgan fingerprint density at radius 2 is 2.06 bits per heavy atom. The van der Waals surface area contributed by atoms with Gasteiger partial charge in [0.05, 0.1) is 5.56 Å². The number of halogens is 4. The minimum absolute atomic E-state index is 0.100. The molecule has 18 heavy (non-hydrogen) atoms. The molecule has 0 aliphatic heterocycles. The van der Waals surface area contributed by atoms with E-state index in [2.05, 4.69) is 4.74 Å². The fraction of sp³-hybridized carbons (Fsp3) is 0.222. The van der Waals surface area contributed by atoms with Gasteiger partial charge in [-0.25, -0.2) is 8.42 Å². The Hall–Kier alpha value is -1.10. The molecule has 0 amide bonds. The zero-order valence-corrected chi connectivity index (χ0v) is 10.9. The first-order chi connectivity index (χ1) is 8.29. The molecule has 0 saturated carbocycles. The maximum atomic E-state index is 12.2. The van der Waals surface area contributed by atoms with Gasteiger partial charge in [0.1, 0.15) is 16.7 Å². The lowest BCUT2D eigenvalue weighted by Crippen LogP contribution is -2.08. The fourth-order valence-electron chi connectivity index (χ4n) is 1.25. The molecule has 1 aromatic rings. The number of hydrogen-bond acceptors (Lipinski definition) is 4. The second-order valence-electron chi connectivity index (χ2n) is 3.03. The summed E-state index contributed by atoms with van der Waals surface area (Å²) in [5.74, 6) is -0.800. The molecule has 4 nitrogen and oxygen atoms in total. The molecule has 0 aromatic heterocycles. The van der Waals surface area contributed by atoms with Crippen molar-refractivity contribution in [1.29, 1.82) is 5.26 Å². The van der Waals surface area contributed by atoms with Crippen LogP contribution in [0.25, 0.3) is 0 Å². The van der Waals surface area contributed by atoms with E-state index in [4.69, 9.17) is 27.5 Å². The Labute approximate surface area is 111 Å². The largest absolute Gasteiger partial charge is 0.433 e. The van der Waals surface area contributed by atoms with Crippen LogP contribution < -0.4 is 4.74 Å². The average Bonchev–Trinajstić information content (AvgIpc) is 2.25. The van der Waals surface area contributed by atoms with Crippen molar-refractivity contribution in [2.24, 2.45) is 0 Å². The number of alkyl halides is 3. The normalized spacial score (nSPS) is 11.3. The van der Waals surface area contributed by atoms with Crippen LogP contribution >= 0.6 is 22.3 Å². The molecule has 0 unspecified atom stereocenters. The molecule has 0 heterocycles. The first kappa shape index (κ1) is 15.0. The van der Waals surface area contributed by atoms with Crippen molar-refractivity contribution in [2.45, 2.75) is 17.4 Å². The summed E-state index contributed by atoms with van der Waals surface area (Å²) in [5, 5.41) is 8.80. The van der Waals surface area contributed by atoms with Gasteiger partial charge in [-0.1, -0.05) is 0 Å². The van der Waals surface area contributed by atoms with E-state index >= 15 is 0 Å². The van der Waals surface area contributed by atoms with Gasteiger partial charge in [-0.05, 0) is 17.7 Å². The monoisotopic (exact) mass is 315 g/mol. The van der Waals surface area contributed by atoms with Crippen LogP contribution in [0.5, 0.6) is 5.75 Å². The summed E-state index contributed by atoms with van der Waals surface area (Å²) >= 11 is 5.50. The number of nitriles is 1. The number of rotatable bonds is 4. The Kier molecular flexibility index (Phi) is 4.73. The van der Waals surface area contributed by atoms with E-state index in [-0.39, 0.29) is 11.4 Å². The van der Waals surface area contributed by atoms with E-state index in [1.54, 1.807) is 6.07 Å². The molecular weight excluding hydrogens is 311 g/mol. The third kappa shape index (κ3) is 3.45. The molecule has 0 fully saturated rings. The van der Waals surface area contributed by atoms with Crippen LogP contribution in [0.15, 0.2) is 17.0 Å². The Bertz CT molecular complexity index is 599. The second kappa shape index (κ2) is 5.69. The van der Waals surface area contributed by atoms with Crippen LogP contribution in [-0.4, -0.2) is 15.0 Å². The molecular formula is C9H5Cl2F2NO3S. The summed E-state index contributed by atoms with van der Waals surface area (Å²) in [5.41, 5.74) is -0.147. The van der Waals surface area contributed by atoms with Crippen molar-refractivity contribution in [1.82, 2.24) is 0 Å². The van der Waals surface area contributed by atoms with Crippen LogP contribution in [-0.2, 0) is 14.9 Å². The lowest BCUT2D eigenvalue weighted by molar-refractivity contribution is -0.0517. The van der Waals surface area contributed by atoms with Crippen molar-refractivity contribution in [3.63, 3.8) is 0 Å². The number of benzene rings is 1. The molecule has 0 N–H and O–H groups in total. The van der Waals surface area contributed by atoms with Gasteiger partial charge in [-0.3, -0.25) is 0 Å². The summed E-state index contributed by atoms with van der Waals surface area (Å²) in [4.78, 5) is -0.791. The van der Waals surface area contributed by atoms with Crippen LogP contribution in [0, 0.1) is 11.3 Å². The summed E-state index contributed by atoms with van der Waals surface area (Å²) in [7, 11) is 0.691. The highest BCUT2D eigenvalue weighted by molar-refractivity contribution is 8.13. The Morgan fingerprint density at radius 3 is 2.44 bits per heavy atom. The van der Waals surface area contributed by atoms with E-state index in [0.29, 0.717) is 0 Å². The predicted molar refractivity (Wildman–Crippen MR) is 60.4 cm³/mol. The maximum Gasteiger partial charge on any atom is 0.387 e. The summed E-state index contributed by atoms with van der Waals surface area (Å²) in [6.45, 7) is -3.25. The summed E-state index contributed by atoms with van der Waals surface area (Å²) in [6.07, 6.45) is 0. The molecule has 0 aliphatic carbocycles. The molecule has 0 spiro atoms. The Morgan fingerprint density at radius 1 is 1.44 bits per heavy atom. The number of hydrogen-bond donors (Lipinski definition) is 0. The van der Waals surface area contributed by atoms with Gasteiger partial charge in [0.2, 0.25) is 0 Å². The van der Waals surface area contributed by atoms with E-state index in [9.17, 15) is 17.2 Å². The molecule has 1 rings (SSSR count). The third-order valence-corrected chi connectivity index (χ3v) is 3.53. The van der Waals surface area contributed by atoms with Crippen LogP contribution in [0.4, 0.5) is 8.78 Å². The minimum Gasteiger partial charge on any atom is -0.433 e. The van der Waals surface area contributed by atoms with E-state index in [0.717, 1.165) is 12.1 Å². The number of nitrogens with zero attached hydrogens (tertiary/aromatic N) is 1. The quantitative estimate of drug-likeness (QED) is 0.633. The van der Waals surface area contributed by atoms with Gasteiger partial charge >= 0.3 is 6.61 Å². The van der Waals surface area contributed by atoms with Gasteiger partial charge in [0, 0.05) is 16.6 Å². The predicted octanol–water partition coefficient (Wildman–Crippen LogP) is 2.83. The molecule has 9 heteroatoms. The molecule has 0 bridgehead atoms. The standard InChI is InChI=1S/C9H5Cl2F2NO3S/c10-3-5-1-6(4-14)8(18(11,15)16)7(2-5)17-9(12)13/h1-2,9H,3H2. The molecule has 98 valence electrons. The average molecular weight is 316 g/mol. The third-order valence-electron chi connectivity index (χ3n) is 1.85. The highest BCUT2D eigenvalue weighted by Gasteiger charge is 2.25. The van der Waals surface area contributed by atoms with Crippen molar-refractivity contribution in [3.05, 3.63) is 23.3 Å². The molecule has 0 atom stereocenters. The molecule has 0 aliphatic rings.